The van der Waals surface area contributed by atoms with Gasteiger partial charge in [0.05, 0.1) is 0 Å². The number of nitrogens with zero attached hydrogens (tertiary/aromatic N) is 2. The summed E-state index contributed by atoms with van der Waals surface area (Å²) in [6.45, 7) is 8.63. The fraction of sp³-hybridized carbons (Fsp3) is 0.750. The molecule has 1 fully saturated rings. The van der Waals surface area contributed by atoms with Crippen LogP contribution in [0.4, 0.5) is 9.93 Å². The minimum absolute atomic E-state index is 0.0163. The van der Waals surface area contributed by atoms with Gasteiger partial charge in [-0.15, -0.1) is 10.2 Å². The molecule has 0 bridgehead atoms. The molecule has 0 saturated carbocycles. The molecule has 1 aromatic rings. The molecule has 0 aliphatic carbocycles. The van der Waals surface area contributed by atoms with E-state index in [-0.39, 0.29) is 23.2 Å². The highest BCUT2D eigenvalue weighted by molar-refractivity contribution is 7.13. The highest BCUT2D eigenvalue weighted by Crippen LogP contribution is 2.28. The number of carbonyl (C=O) groups is 1. The van der Waals surface area contributed by atoms with Crippen LogP contribution in [-0.4, -0.2) is 33.3 Å². The van der Waals surface area contributed by atoms with Crippen molar-refractivity contribution in [3.63, 3.8) is 0 Å². The quantitative estimate of drug-likeness (QED) is 0.775. The first-order valence-corrected chi connectivity index (χ1v) is 7.27. The van der Waals surface area contributed by atoms with Crippen molar-refractivity contribution in [1.29, 1.82) is 0 Å². The van der Waals surface area contributed by atoms with Gasteiger partial charge in [-0.05, 0) is 40.5 Å². The standard InChI is InChI=1S/C12H21N5OS/c1-11(2)5-8(6-12(3,4)17-11)14-9(18)15-10-16-13-7-19-10/h7-8,17H,5-6H2,1-4H3,(H2,14,15,16,18). The van der Waals surface area contributed by atoms with Gasteiger partial charge in [0, 0.05) is 17.1 Å². The van der Waals surface area contributed by atoms with E-state index in [1.54, 1.807) is 5.51 Å². The Morgan fingerprint density at radius 3 is 2.53 bits per heavy atom. The van der Waals surface area contributed by atoms with Crippen molar-refractivity contribution in [2.45, 2.75) is 57.7 Å². The van der Waals surface area contributed by atoms with Gasteiger partial charge in [0.25, 0.3) is 0 Å². The van der Waals surface area contributed by atoms with E-state index in [0.717, 1.165) is 12.8 Å². The van der Waals surface area contributed by atoms with Crippen LogP contribution in [0.2, 0.25) is 0 Å². The first-order valence-electron chi connectivity index (χ1n) is 6.39. The van der Waals surface area contributed by atoms with Crippen LogP contribution < -0.4 is 16.0 Å². The number of piperidine rings is 1. The molecule has 6 nitrogen and oxygen atoms in total. The Morgan fingerprint density at radius 2 is 2.00 bits per heavy atom. The van der Waals surface area contributed by atoms with Crippen LogP contribution in [0.3, 0.4) is 0 Å². The van der Waals surface area contributed by atoms with Crippen molar-refractivity contribution in [3.8, 4) is 0 Å². The van der Waals surface area contributed by atoms with Crippen molar-refractivity contribution in [3.05, 3.63) is 5.51 Å². The zero-order valence-corrected chi connectivity index (χ0v) is 12.6. The minimum Gasteiger partial charge on any atom is -0.335 e. The van der Waals surface area contributed by atoms with E-state index in [1.165, 1.54) is 11.3 Å². The number of nitrogens with one attached hydrogen (secondary N) is 3. The fourth-order valence-corrected chi connectivity index (χ4v) is 3.41. The Labute approximate surface area is 117 Å². The second-order valence-corrected chi connectivity index (χ2v) is 7.17. The number of rotatable bonds is 2. The molecular formula is C12H21N5OS. The zero-order valence-electron chi connectivity index (χ0n) is 11.8. The molecule has 1 aromatic heterocycles. The number of anilines is 1. The molecule has 0 radical (unpaired) electrons. The summed E-state index contributed by atoms with van der Waals surface area (Å²) in [5, 5.41) is 17.3. The fourth-order valence-electron chi connectivity index (χ4n) is 2.97. The molecule has 106 valence electrons. The Kier molecular flexibility index (Phi) is 3.78. The number of carbonyl (C=O) groups excluding carboxylic acids is 1. The van der Waals surface area contributed by atoms with Crippen molar-refractivity contribution in [2.75, 3.05) is 5.32 Å². The van der Waals surface area contributed by atoms with E-state index in [1.807, 2.05) is 0 Å². The lowest BCUT2D eigenvalue weighted by atomic mass is 9.80. The summed E-state index contributed by atoms with van der Waals surface area (Å²) in [6, 6.07) is -0.0607. The summed E-state index contributed by atoms with van der Waals surface area (Å²) in [4.78, 5) is 11.9. The second-order valence-electron chi connectivity index (χ2n) is 6.34. The average Bonchev–Trinajstić information content (AvgIpc) is 2.63. The van der Waals surface area contributed by atoms with E-state index in [9.17, 15) is 4.79 Å². The summed E-state index contributed by atoms with van der Waals surface area (Å²) in [7, 11) is 0. The van der Waals surface area contributed by atoms with Crippen molar-refractivity contribution >= 4 is 22.5 Å². The molecule has 2 rings (SSSR count). The topological polar surface area (TPSA) is 78.9 Å². The van der Waals surface area contributed by atoms with Crippen molar-refractivity contribution in [1.82, 2.24) is 20.8 Å². The van der Waals surface area contributed by atoms with Crippen LogP contribution in [-0.2, 0) is 0 Å². The van der Waals surface area contributed by atoms with Crippen LogP contribution in [0.1, 0.15) is 40.5 Å². The van der Waals surface area contributed by atoms with E-state index in [0.29, 0.717) is 5.13 Å². The number of hydrogen-bond donors (Lipinski definition) is 3. The van der Waals surface area contributed by atoms with Gasteiger partial charge >= 0.3 is 6.03 Å². The molecule has 2 heterocycles. The van der Waals surface area contributed by atoms with Gasteiger partial charge < -0.3 is 10.6 Å². The highest BCUT2D eigenvalue weighted by atomic mass is 32.1. The Hall–Kier alpha value is -1.21. The summed E-state index contributed by atoms with van der Waals surface area (Å²) < 4.78 is 0. The average molecular weight is 283 g/mol. The largest absolute Gasteiger partial charge is 0.335 e. The summed E-state index contributed by atoms with van der Waals surface area (Å²) >= 11 is 1.31. The smallest absolute Gasteiger partial charge is 0.321 e. The van der Waals surface area contributed by atoms with E-state index in [2.05, 4.69) is 53.8 Å². The molecule has 1 aliphatic rings. The van der Waals surface area contributed by atoms with Crippen molar-refractivity contribution < 1.29 is 4.79 Å². The summed E-state index contributed by atoms with van der Waals surface area (Å²) in [6.07, 6.45) is 1.81. The molecular weight excluding hydrogens is 262 g/mol. The molecule has 19 heavy (non-hydrogen) atoms. The van der Waals surface area contributed by atoms with Crippen LogP contribution in [0, 0.1) is 0 Å². The molecule has 1 saturated heterocycles. The third-order valence-electron chi connectivity index (χ3n) is 3.11. The van der Waals surface area contributed by atoms with Gasteiger partial charge in [0.2, 0.25) is 5.13 Å². The van der Waals surface area contributed by atoms with Crippen LogP contribution in [0.5, 0.6) is 0 Å². The molecule has 0 aromatic carbocycles. The third kappa shape index (κ3) is 4.14. The normalized spacial score (nSPS) is 21.9. The number of urea groups is 1. The molecule has 3 N–H and O–H groups in total. The lowest BCUT2D eigenvalue weighted by molar-refractivity contribution is 0.149. The maximum atomic E-state index is 11.9. The molecule has 7 heteroatoms. The molecule has 0 spiro atoms. The number of amides is 2. The predicted molar refractivity (Wildman–Crippen MR) is 76.4 cm³/mol. The lowest BCUT2D eigenvalue weighted by Gasteiger charge is -2.46. The van der Waals surface area contributed by atoms with Gasteiger partial charge in [0.15, 0.2) is 0 Å². The van der Waals surface area contributed by atoms with E-state index >= 15 is 0 Å². The zero-order chi connectivity index (χ0) is 14.1. The molecule has 1 aliphatic heterocycles. The Morgan fingerprint density at radius 1 is 1.37 bits per heavy atom. The Balaban J connectivity index is 1.93. The van der Waals surface area contributed by atoms with Gasteiger partial charge in [0.1, 0.15) is 5.51 Å². The molecule has 0 unspecified atom stereocenters. The first-order chi connectivity index (χ1) is 8.76. The second kappa shape index (κ2) is 5.05. The third-order valence-corrected chi connectivity index (χ3v) is 3.71. The SMILES string of the molecule is CC1(C)CC(NC(=O)Nc2nncs2)CC(C)(C)N1. The van der Waals surface area contributed by atoms with Crippen LogP contribution in [0.25, 0.3) is 0 Å². The van der Waals surface area contributed by atoms with Crippen LogP contribution in [0.15, 0.2) is 5.51 Å². The molecule has 0 atom stereocenters. The van der Waals surface area contributed by atoms with Gasteiger partial charge in [-0.2, -0.15) is 0 Å². The maximum Gasteiger partial charge on any atom is 0.321 e. The predicted octanol–water partition coefficient (Wildman–Crippen LogP) is 1.97. The van der Waals surface area contributed by atoms with E-state index in [4.69, 9.17) is 0 Å². The first kappa shape index (κ1) is 14.2. The van der Waals surface area contributed by atoms with Crippen molar-refractivity contribution in [2.24, 2.45) is 0 Å². The van der Waals surface area contributed by atoms with Gasteiger partial charge in [-0.1, -0.05) is 11.3 Å². The number of aromatic nitrogens is 2. The van der Waals surface area contributed by atoms with Gasteiger partial charge in [-0.25, -0.2) is 4.79 Å². The Bertz CT molecular complexity index is 427. The van der Waals surface area contributed by atoms with Crippen LogP contribution >= 0.6 is 11.3 Å². The highest BCUT2D eigenvalue weighted by Gasteiger charge is 2.38. The monoisotopic (exact) mass is 283 g/mol. The lowest BCUT2D eigenvalue weighted by Crippen LogP contribution is -2.62. The van der Waals surface area contributed by atoms with Gasteiger partial charge in [-0.3, -0.25) is 5.32 Å². The van der Waals surface area contributed by atoms with E-state index < -0.39 is 0 Å². The summed E-state index contributed by atoms with van der Waals surface area (Å²) in [5.41, 5.74) is 1.62. The molecule has 2 amide bonds. The summed E-state index contributed by atoms with van der Waals surface area (Å²) in [5.74, 6) is 0. The number of hydrogen-bond acceptors (Lipinski definition) is 5. The minimum atomic E-state index is -0.213. The maximum absolute atomic E-state index is 11.9.